The van der Waals surface area contributed by atoms with Crippen molar-refractivity contribution >= 4 is 52.4 Å². The van der Waals surface area contributed by atoms with Crippen molar-refractivity contribution in [3.8, 4) is 11.3 Å². The Morgan fingerprint density at radius 2 is 1.49 bits per heavy atom. The van der Waals surface area contributed by atoms with Gasteiger partial charge >= 0.3 is 0 Å². The zero-order valence-corrected chi connectivity index (χ0v) is 24.2. The molecule has 6 rings (SSSR count). The van der Waals surface area contributed by atoms with Crippen LogP contribution >= 0.6 is 7.92 Å². The molecule has 190 valence electrons. The first kappa shape index (κ1) is 26.8. The topological polar surface area (TPSA) is 56.7 Å². The van der Waals surface area contributed by atoms with Crippen LogP contribution in [0.3, 0.4) is 0 Å². The minimum Gasteiger partial charge on any atom is -0.512 e. The number of para-hydroxylation sites is 2. The zero-order valence-electron chi connectivity index (χ0n) is 21.0. The molecule has 2 aliphatic rings. The van der Waals surface area contributed by atoms with Crippen LogP contribution in [0.15, 0.2) is 90.8 Å². The number of allylic oxidation sites excluding steroid dienone is 2. The molecule has 1 atom stereocenters. The number of benzene rings is 3. The summed E-state index contributed by atoms with van der Waals surface area (Å²) in [6, 6.07) is 29.6. The SMILES string of the molecule is CC(=O)/C=C(/C)O.CN1c2[c-]c(-c3ccccn3)cc3c2P(c2ccccc21)c1ccccc1N3C.[Pt]. The van der Waals surface area contributed by atoms with E-state index in [9.17, 15) is 4.79 Å². The van der Waals surface area contributed by atoms with Gasteiger partial charge in [-0.05, 0) is 73.0 Å². The molecule has 3 heterocycles. The molecule has 0 saturated carbocycles. The fourth-order valence-corrected chi connectivity index (χ4v) is 7.70. The second-order valence-electron chi connectivity index (χ2n) is 8.81. The Kier molecular flexibility index (Phi) is 7.97. The molecule has 0 fully saturated rings. The maximum Gasteiger partial charge on any atom is 0.155 e. The van der Waals surface area contributed by atoms with Crippen LogP contribution in [0.4, 0.5) is 22.7 Å². The maximum absolute atomic E-state index is 10.0. The fourth-order valence-electron chi connectivity index (χ4n) is 4.72. The van der Waals surface area contributed by atoms with Crippen LogP contribution in [0, 0.1) is 6.07 Å². The largest absolute Gasteiger partial charge is 0.512 e. The van der Waals surface area contributed by atoms with Gasteiger partial charge in [0.2, 0.25) is 0 Å². The number of ketones is 1. The number of aliphatic hydroxyl groups is 1. The standard InChI is InChI=1S/C25H19N3P.C5H8O2.Pt/c1-27-19-10-3-5-12-23(19)29-24-13-6-4-11-20(24)28(2)22-16-17(15-21(27)25(22)29)18-9-7-8-14-26-18;1-4(6)3-5(2)7;/h3-15H,1-2H3;3,6H,1-2H3;/q-1;;/b;4-3-;. The normalized spacial score (nSPS) is 14.8. The summed E-state index contributed by atoms with van der Waals surface area (Å²) in [4.78, 5) is 19.2. The Morgan fingerprint density at radius 3 is 2.03 bits per heavy atom. The molecule has 37 heavy (non-hydrogen) atoms. The third-order valence-corrected chi connectivity index (χ3v) is 8.85. The fraction of sp³-hybridized carbons (Fsp3) is 0.133. The van der Waals surface area contributed by atoms with Gasteiger partial charge in [-0.15, -0.1) is 17.7 Å². The first-order valence-electron chi connectivity index (χ1n) is 11.7. The Bertz CT molecular complexity index is 1410. The molecule has 0 radical (unpaired) electrons. The average molecular weight is 688 g/mol. The zero-order chi connectivity index (χ0) is 25.4. The molecule has 0 amide bonds. The number of aromatic nitrogens is 1. The van der Waals surface area contributed by atoms with Gasteiger partial charge in [-0.3, -0.25) is 4.79 Å². The molecule has 0 aliphatic carbocycles. The minimum absolute atomic E-state index is 0. The predicted octanol–water partition coefficient (Wildman–Crippen LogP) is 5.50. The maximum atomic E-state index is 10.0. The van der Waals surface area contributed by atoms with E-state index < -0.39 is 7.92 Å². The second kappa shape index (κ2) is 11.0. The molecule has 2 aliphatic heterocycles. The van der Waals surface area contributed by atoms with E-state index in [0.29, 0.717) is 0 Å². The Balaban J connectivity index is 0.000000356. The molecule has 0 spiro atoms. The Morgan fingerprint density at radius 1 is 0.892 bits per heavy atom. The minimum atomic E-state index is -0.621. The van der Waals surface area contributed by atoms with E-state index in [4.69, 9.17) is 5.11 Å². The van der Waals surface area contributed by atoms with Crippen molar-refractivity contribution in [2.75, 3.05) is 23.9 Å². The molecule has 1 unspecified atom stereocenters. The molecule has 0 saturated heterocycles. The number of carbonyl (C=O) groups is 1. The number of carbonyl (C=O) groups excluding carboxylic acids is 1. The van der Waals surface area contributed by atoms with Crippen LogP contribution in [-0.4, -0.2) is 30.0 Å². The van der Waals surface area contributed by atoms with Crippen LogP contribution < -0.4 is 25.7 Å². The van der Waals surface area contributed by atoms with Gasteiger partial charge in [0.05, 0.1) is 5.76 Å². The summed E-state index contributed by atoms with van der Waals surface area (Å²) in [7, 11) is 3.70. The number of aliphatic hydroxyl groups excluding tert-OH is 1. The van der Waals surface area contributed by atoms with Crippen molar-refractivity contribution in [3.63, 3.8) is 0 Å². The number of nitrogens with zero attached hydrogens (tertiary/aromatic N) is 3. The third-order valence-electron chi connectivity index (χ3n) is 6.24. The van der Waals surface area contributed by atoms with Gasteiger partial charge in [-0.2, -0.15) is 0 Å². The van der Waals surface area contributed by atoms with Crippen LogP contribution in [0.2, 0.25) is 0 Å². The summed E-state index contributed by atoms with van der Waals surface area (Å²) in [5.74, 6) is -0.0625. The van der Waals surface area contributed by atoms with Gasteiger partial charge in [0.15, 0.2) is 5.78 Å². The van der Waals surface area contributed by atoms with Gasteiger partial charge in [-0.25, -0.2) is 0 Å². The number of anilines is 4. The molecule has 7 heteroatoms. The van der Waals surface area contributed by atoms with E-state index in [1.165, 1.54) is 52.9 Å². The van der Waals surface area contributed by atoms with Gasteiger partial charge in [0.25, 0.3) is 0 Å². The van der Waals surface area contributed by atoms with Gasteiger partial charge in [0.1, 0.15) is 0 Å². The summed E-state index contributed by atoms with van der Waals surface area (Å²) >= 11 is 0. The van der Waals surface area contributed by atoms with Crippen molar-refractivity contribution in [2.45, 2.75) is 13.8 Å². The molecular formula is C30H27N3O2PPt-. The smallest absolute Gasteiger partial charge is 0.155 e. The number of rotatable bonds is 2. The summed E-state index contributed by atoms with van der Waals surface area (Å²) < 4.78 is 0. The molecule has 0 bridgehead atoms. The molecule has 4 aromatic rings. The van der Waals surface area contributed by atoms with Gasteiger partial charge < -0.3 is 19.9 Å². The molecular weight excluding hydrogens is 660 g/mol. The van der Waals surface area contributed by atoms with E-state index in [0.717, 1.165) is 16.9 Å². The van der Waals surface area contributed by atoms with E-state index in [-0.39, 0.29) is 32.6 Å². The molecule has 5 nitrogen and oxygen atoms in total. The van der Waals surface area contributed by atoms with E-state index >= 15 is 0 Å². The molecule has 1 aromatic heterocycles. The quantitative estimate of drug-likeness (QED) is 0.131. The van der Waals surface area contributed by atoms with Crippen LogP contribution in [0.5, 0.6) is 0 Å². The van der Waals surface area contributed by atoms with E-state index in [1.54, 1.807) is 0 Å². The number of hydrogen-bond acceptors (Lipinski definition) is 5. The number of hydrogen-bond donors (Lipinski definition) is 1. The van der Waals surface area contributed by atoms with Crippen molar-refractivity contribution in [3.05, 3.63) is 96.9 Å². The first-order chi connectivity index (χ1) is 17.4. The van der Waals surface area contributed by atoms with Gasteiger partial charge in [-0.1, -0.05) is 48.5 Å². The third kappa shape index (κ3) is 4.99. The average Bonchev–Trinajstić information content (AvgIpc) is 2.88. The Labute approximate surface area is 233 Å². The Hall–Kier alpha value is -3.26. The number of fused-ring (bicyclic) bond motifs is 4. The summed E-state index contributed by atoms with van der Waals surface area (Å²) in [5, 5.41) is 12.6. The first-order valence-corrected chi connectivity index (χ1v) is 13.1. The van der Waals surface area contributed by atoms with Crippen LogP contribution in [-0.2, 0) is 25.9 Å². The van der Waals surface area contributed by atoms with Crippen molar-refractivity contribution in [1.29, 1.82) is 0 Å². The second-order valence-corrected chi connectivity index (χ2v) is 10.9. The van der Waals surface area contributed by atoms with Crippen LogP contribution in [0.25, 0.3) is 11.3 Å². The van der Waals surface area contributed by atoms with Crippen molar-refractivity contribution in [2.24, 2.45) is 0 Å². The van der Waals surface area contributed by atoms with Crippen molar-refractivity contribution < 1.29 is 31.0 Å². The number of pyridine rings is 1. The molecule has 3 aromatic carbocycles. The summed E-state index contributed by atoms with van der Waals surface area (Å²) in [6.07, 6.45) is 3.01. The van der Waals surface area contributed by atoms with Crippen LogP contribution in [0.1, 0.15) is 13.8 Å². The monoisotopic (exact) mass is 687 g/mol. The molecule has 1 N–H and O–H groups in total. The predicted molar refractivity (Wildman–Crippen MR) is 150 cm³/mol. The summed E-state index contributed by atoms with van der Waals surface area (Å²) in [6.45, 7) is 2.85. The van der Waals surface area contributed by atoms with Crippen molar-refractivity contribution in [1.82, 2.24) is 4.98 Å². The summed E-state index contributed by atoms with van der Waals surface area (Å²) in [5.41, 5.74) is 6.96. The van der Waals surface area contributed by atoms with E-state index in [2.05, 4.69) is 95.6 Å². The van der Waals surface area contributed by atoms with E-state index in [1.807, 2.05) is 18.3 Å². The van der Waals surface area contributed by atoms with Gasteiger partial charge in [0, 0.05) is 58.8 Å².